The van der Waals surface area contributed by atoms with Crippen LogP contribution >= 0.6 is 11.3 Å². The SMILES string of the molecule is C[C@H](C[C@@H](O)c1cccs1)NCc1ccc2c(c1)OCCO2. The number of aliphatic hydroxyl groups is 1. The summed E-state index contributed by atoms with van der Waals surface area (Å²) < 4.78 is 11.1. The number of hydrogen-bond donors (Lipinski definition) is 2. The molecule has 0 aliphatic carbocycles. The van der Waals surface area contributed by atoms with E-state index < -0.39 is 6.10 Å². The standard InChI is InChI=1S/C17H21NO3S/c1-12(9-14(19)17-3-2-8-22-17)18-11-13-4-5-15-16(10-13)21-7-6-20-15/h2-5,8,10,12,14,18-19H,6-7,9,11H2,1H3/t12-,14-/m1/s1. The monoisotopic (exact) mass is 319 g/mol. The Bertz CT molecular complexity index is 600. The average molecular weight is 319 g/mol. The van der Waals surface area contributed by atoms with Gasteiger partial charge in [0.2, 0.25) is 0 Å². The lowest BCUT2D eigenvalue weighted by Crippen LogP contribution is -2.27. The van der Waals surface area contributed by atoms with Crippen LogP contribution in [0.4, 0.5) is 0 Å². The average Bonchev–Trinajstić information content (AvgIpc) is 3.07. The molecule has 2 aromatic rings. The van der Waals surface area contributed by atoms with Gasteiger partial charge in [0.05, 0.1) is 6.10 Å². The first-order valence-corrected chi connectivity index (χ1v) is 8.43. The van der Waals surface area contributed by atoms with Crippen molar-refractivity contribution in [2.24, 2.45) is 0 Å². The molecule has 0 saturated carbocycles. The zero-order valence-electron chi connectivity index (χ0n) is 12.6. The molecule has 1 aromatic carbocycles. The van der Waals surface area contributed by atoms with Gasteiger partial charge in [-0.1, -0.05) is 12.1 Å². The first-order valence-electron chi connectivity index (χ1n) is 7.56. The summed E-state index contributed by atoms with van der Waals surface area (Å²) in [6.07, 6.45) is 0.299. The highest BCUT2D eigenvalue weighted by Gasteiger charge is 2.14. The van der Waals surface area contributed by atoms with Crippen LogP contribution in [0.25, 0.3) is 0 Å². The van der Waals surface area contributed by atoms with Crippen LogP contribution in [0.1, 0.15) is 29.9 Å². The third kappa shape index (κ3) is 3.80. The van der Waals surface area contributed by atoms with Crippen molar-refractivity contribution in [1.29, 1.82) is 0 Å². The molecule has 2 atom stereocenters. The first-order chi connectivity index (χ1) is 10.7. The summed E-state index contributed by atoms with van der Waals surface area (Å²) in [6, 6.07) is 10.2. The van der Waals surface area contributed by atoms with Crippen molar-refractivity contribution >= 4 is 11.3 Å². The summed E-state index contributed by atoms with van der Waals surface area (Å²) in [5, 5.41) is 15.6. The zero-order chi connectivity index (χ0) is 15.4. The van der Waals surface area contributed by atoms with Gasteiger partial charge in [-0.05, 0) is 42.5 Å². The highest BCUT2D eigenvalue weighted by atomic mass is 32.1. The molecule has 0 saturated heterocycles. The van der Waals surface area contributed by atoms with E-state index in [1.165, 1.54) is 0 Å². The lowest BCUT2D eigenvalue weighted by atomic mass is 10.1. The van der Waals surface area contributed by atoms with Crippen LogP contribution in [-0.4, -0.2) is 24.4 Å². The Hall–Kier alpha value is -1.56. The zero-order valence-corrected chi connectivity index (χ0v) is 13.4. The maximum atomic E-state index is 10.2. The molecule has 2 N–H and O–H groups in total. The van der Waals surface area contributed by atoms with Gasteiger partial charge in [0.25, 0.3) is 0 Å². The number of ether oxygens (including phenoxy) is 2. The van der Waals surface area contributed by atoms with E-state index in [9.17, 15) is 5.11 Å². The van der Waals surface area contributed by atoms with Crippen LogP contribution in [0.3, 0.4) is 0 Å². The number of nitrogens with one attached hydrogen (secondary N) is 1. The Balaban J connectivity index is 1.51. The van der Waals surface area contributed by atoms with Crippen molar-refractivity contribution in [3.8, 4) is 11.5 Å². The predicted molar refractivity (Wildman–Crippen MR) is 87.6 cm³/mol. The van der Waals surface area contributed by atoms with E-state index in [4.69, 9.17) is 9.47 Å². The second-order valence-electron chi connectivity index (χ2n) is 5.53. The first kappa shape index (κ1) is 15.3. The van der Waals surface area contributed by atoms with Gasteiger partial charge in [0.1, 0.15) is 13.2 Å². The van der Waals surface area contributed by atoms with Crippen LogP contribution in [0.15, 0.2) is 35.7 Å². The molecule has 2 heterocycles. The summed E-state index contributed by atoms with van der Waals surface area (Å²) in [5.74, 6) is 1.63. The van der Waals surface area contributed by atoms with Gasteiger partial charge in [-0.15, -0.1) is 11.3 Å². The van der Waals surface area contributed by atoms with E-state index >= 15 is 0 Å². The van der Waals surface area contributed by atoms with Crippen molar-refractivity contribution in [3.05, 3.63) is 46.2 Å². The number of rotatable bonds is 6. The summed E-state index contributed by atoms with van der Waals surface area (Å²) in [6.45, 7) is 4.05. The largest absolute Gasteiger partial charge is 0.486 e. The van der Waals surface area contributed by atoms with E-state index in [2.05, 4.69) is 12.2 Å². The smallest absolute Gasteiger partial charge is 0.161 e. The molecule has 0 unspecified atom stereocenters. The lowest BCUT2D eigenvalue weighted by molar-refractivity contribution is 0.157. The van der Waals surface area contributed by atoms with Gasteiger partial charge in [-0.2, -0.15) is 0 Å². The molecule has 1 aliphatic rings. The quantitative estimate of drug-likeness (QED) is 0.859. The molecule has 0 amide bonds. The minimum Gasteiger partial charge on any atom is -0.486 e. The van der Waals surface area contributed by atoms with Gasteiger partial charge in [-0.25, -0.2) is 0 Å². The molecule has 3 rings (SSSR count). The van der Waals surface area contributed by atoms with Crippen LogP contribution in [-0.2, 0) is 6.54 Å². The topological polar surface area (TPSA) is 50.7 Å². The third-order valence-electron chi connectivity index (χ3n) is 3.71. The number of aliphatic hydroxyl groups excluding tert-OH is 1. The third-order valence-corrected chi connectivity index (χ3v) is 4.68. The van der Waals surface area contributed by atoms with Gasteiger partial charge in [0, 0.05) is 17.5 Å². The van der Waals surface area contributed by atoms with Crippen molar-refractivity contribution in [2.45, 2.75) is 32.0 Å². The van der Waals surface area contributed by atoms with Gasteiger partial charge in [0.15, 0.2) is 11.5 Å². The van der Waals surface area contributed by atoms with Gasteiger partial charge < -0.3 is 19.9 Å². The minimum absolute atomic E-state index is 0.227. The van der Waals surface area contributed by atoms with E-state index in [-0.39, 0.29) is 6.04 Å². The van der Waals surface area contributed by atoms with Crippen molar-refractivity contribution < 1.29 is 14.6 Å². The summed E-state index contributed by atoms with van der Waals surface area (Å²) in [5.41, 5.74) is 1.15. The van der Waals surface area contributed by atoms with Crippen molar-refractivity contribution in [3.63, 3.8) is 0 Å². The summed E-state index contributed by atoms with van der Waals surface area (Å²) >= 11 is 1.59. The van der Waals surface area contributed by atoms with Crippen LogP contribution < -0.4 is 14.8 Å². The van der Waals surface area contributed by atoms with E-state index in [1.54, 1.807) is 11.3 Å². The fourth-order valence-corrected chi connectivity index (χ4v) is 3.23. The molecule has 118 valence electrons. The van der Waals surface area contributed by atoms with E-state index in [1.807, 2.05) is 35.7 Å². The molecular formula is C17H21NO3S. The predicted octanol–water partition coefficient (Wildman–Crippen LogP) is 3.12. The van der Waals surface area contributed by atoms with Crippen LogP contribution in [0, 0.1) is 0 Å². The fraction of sp³-hybridized carbons (Fsp3) is 0.412. The van der Waals surface area contributed by atoms with E-state index in [0.29, 0.717) is 19.6 Å². The van der Waals surface area contributed by atoms with Crippen molar-refractivity contribution in [2.75, 3.05) is 13.2 Å². The molecule has 4 nitrogen and oxygen atoms in total. The Labute approximate surface area is 134 Å². The minimum atomic E-state index is -0.400. The second kappa shape index (κ2) is 7.13. The van der Waals surface area contributed by atoms with Crippen LogP contribution in [0.5, 0.6) is 11.5 Å². The van der Waals surface area contributed by atoms with Gasteiger partial charge in [-0.3, -0.25) is 0 Å². The summed E-state index contributed by atoms with van der Waals surface area (Å²) in [7, 11) is 0. The number of thiophene rings is 1. The molecular weight excluding hydrogens is 298 g/mol. The normalized spacial score (nSPS) is 16.3. The maximum absolute atomic E-state index is 10.2. The molecule has 22 heavy (non-hydrogen) atoms. The highest BCUT2D eigenvalue weighted by molar-refractivity contribution is 7.10. The van der Waals surface area contributed by atoms with Gasteiger partial charge >= 0.3 is 0 Å². The van der Waals surface area contributed by atoms with Crippen molar-refractivity contribution in [1.82, 2.24) is 5.32 Å². The molecule has 1 aromatic heterocycles. The fourth-order valence-electron chi connectivity index (χ4n) is 2.51. The Morgan fingerprint density at radius 2 is 2.05 bits per heavy atom. The Morgan fingerprint density at radius 1 is 1.23 bits per heavy atom. The molecule has 0 radical (unpaired) electrons. The molecule has 0 spiro atoms. The molecule has 0 bridgehead atoms. The number of fused-ring (bicyclic) bond motifs is 1. The van der Waals surface area contributed by atoms with Crippen LogP contribution in [0.2, 0.25) is 0 Å². The molecule has 0 fully saturated rings. The second-order valence-corrected chi connectivity index (χ2v) is 6.51. The molecule has 5 heteroatoms. The maximum Gasteiger partial charge on any atom is 0.161 e. The Morgan fingerprint density at radius 3 is 2.82 bits per heavy atom. The number of benzene rings is 1. The lowest BCUT2D eigenvalue weighted by Gasteiger charge is -2.20. The summed E-state index contributed by atoms with van der Waals surface area (Å²) in [4.78, 5) is 1.02. The Kier molecular flexibility index (Phi) is 4.97. The van der Waals surface area contributed by atoms with E-state index in [0.717, 1.165) is 28.5 Å². The highest BCUT2D eigenvalue weighted by Crippen LogP contribution is 2.30. The molecule has 1 aliphatic heterocycles. The number of hydrogen-bond acceptors (Lipinski definition) is 5.